The lowest BCUT2D eigenvalue weighted by atomic mass is 9.92. The first-order chi connectivity index (χ1) is 8.34. The largest absolute Gasteiger partial charge is 0.453 e. The molecular weight excluding hydrogens is 221 g/mol. The lowest BCUT2D eigenvalue weighted by molar-refractivity contribution is 0.170. The van der Waals surface area contributed by atoms with Gasteiger partial charge in [0, 0.05) is 0 Å². The molecule has 92 valence electrons. The second-order valence-electron chi connectivity index (χ2n) is 4.69. The fourth-order valence-electron chi connectivity index (χ4n) is 2.59. The van der Waals surface area contributed by atoms with E-state index in [2.05, 4.69) is 5.32 Å². The Morgan fingerprint density at radius 3 is 3.00 bits per heavy atom. The molecule has 0 saturated carbocycles. The Kier molecular flexibility index (Phi) is 2.89. The first kappa shape index (κ1) is 10.8. The predicted octanol–water partition coefficient (Wildman–Crippen LogP) is 2.10. The van der Waals surface area contributed by atoms with E-state index in [0.29, 0.717) is 11.7 Å². The summed E-state index contributed by atoms with van der Waals surface area (Å²) in [6.07, 6.45) is 3.37. The number of nitrogens with one attached hydrogen (secondary N) is 1. The summed E-state index contributed by atoms with van der Waals surface area (Å²) >= 11 is 0. The summed E-state index contributed by atoms with van der Waals surface area (Å²) in [5.41, 5.74) is 1.06. The van der Waals surface area contributed by atoms with Crippen molar-refractivity contribution in [3.05, 3.63) is 23.5 Å². The smallest absolute Gasteiger partial charge is 0.231 e. The van der Waals surface area contributed by atoms with Crippen LogP contribution in [0.3, 0.4) is 0 Å². The molecule has 1 fully saturated rings. The summed E-state index contributed by atoms with van der Waals surface area (Å²) in [7, 11) is 0. The van der Waals surface area contributed by atoms with Crippen LogP contribution in [-0.4, -0.2) is 19.9 Å². The fraction of sp³-hybridized carbons (Fsp3) is 0.538. The topological polar surface area (TPSA) is 30.5 Å². The molecule has 3 rings (SSSR count). The van der Waals surface area contributed by atoms with Crippen molar-refractivity contribution in [1.82, 2.24) is 5.32 Å². The molecule has 0 aromatic heterocycles. The van der Waals surface area contributed by atoms with Gasteiger partial charge in [0.15, 0.2) is 11.6 Å². The van der Waals surface area contributed by atoms with Crippen LogP contribution in [0.15, 0.2) is 12.1 Å². The zero-order valence-corrected chi connectivity index (χ0v) is 9.67. The van der Waals surface area contributed by atoms with Crippen LogP contribution in [0, 0.1) is 11.7 Å². The Balaban J connectivity index is 1.81. The minimum Gasteiger partial charge on any atom is -0.453 e. The van der Waals surface area contributed by atoms with E-state index < -0.39 is 0 Å². The Morgan fingerprint density at radius 2 is 2.18 bits per heavy atom. The van der Waals surface area contributed by atoms with E-state index in [4.69, 9.17) is 9.47 Å². The van der Waals surface area contributed by atoms with Gasteiger partial charge in [-0.05, 0) is 49.9 Å². The summed E-state index contributed by atoms with van der Waals surface area (Å²) in [6, 6.07) is 3.29. The maximum absolute atomic E-state index is 13.4. The Morgan fingerprint density at radius 1 is 1.29 bits per heavy atom. The van der Waals surface area contributed by atoms with Crippen LogP contribution in [0.25, 0.3) is 0 Å². The number of benzene rings is 1. The molecule has 0 amide bonds. The van der Waals surface area contributed by atoms with Crippen LogP contribution < -0.4 is 14.8 Å². The highest BCUT2D eigenvalue weighted by Crippen LogP contribution is 2.39. The number of rotatable bonds is 2. The first-order valence-electron chi connectivity index (χ1n) is 6.12. The van der Waals surface area contributed by atoms with E-state index >= 15 is 0 Å². The van der Waals surface area contributed by atoms with Crippen molar-refractivity contribution in [2.75, 3.05) is 19.9 Å². The number of hydrogen-bond acceptors (Lipinski definition) is 3. The Labute approximate surface area is 99.9 Å². The Bertz CT molecular complexity index is 416. The van der Waals surface area contributed by atoms with Crippen molar-refractivity contribution in [1.29, 1.82) is 0 Å². The SMILES string of the molecule is Fc1ccc(CC2CCCNC2)c2c1OCO2. The second kappa shape index (κ2) is 4.53. The standard InChI is InChI=1S/C13H16FNO2/c14-11-4-3-10(12-13(11)17-8-16-12)6-9-2-1-5-15-7-9/h3-4,9,15H,1-2,5-8H2. The van der Waals surface area contributed by atoms with Crippen LogP contribution in [-0.2, 0) is 6.42 Å². The lowest BCUT2D eigenvalue weighted by Crippen LogP contribution is -2.30. The van der Waals surface area contributed by atoms with E-state index in [9.17, 15) is 4.39 Å². The molecule has 17 heavy (non-hydrogen) atoms. The zero-order chi connectivity index (χ0) is 11.7. The molecule has 1 N–H and O–H groups in total. The minimum atomic E-state index is -0.331. The highest BCUT2D eigenvalue weighted by atomic mass is 19.1. The lowest BCUT2D eigenvalue weighted by Gasteiger charge is -2.23. The Hall–Kier alpha value is -1.29. The van der Waals surface area contributed by atoms with Gasteiger partial charge in [-0.25, -0.2) is 4.39 Å². The molecule has 1 aromatic rings. The van der Waals surface area contributed by atoms with Gasteiger partial charge < -0.3 is 14.8 Å². The van der Waals surface area contributed by atoms with Gasteiger partial charge in [-0.15, -0.1) is 0 Å². The molecule has 1 aromatic carbocycles. The van der Waals surface area contributed by atoms with Crippen LogP contribution in [0.2, 0.25) is 0 Å². The quantitative estimate of drug-likeness (QED) is 0.854. The van der Waals surface area contributed by atoms with Gasteiger partial charge in [0.05, 0.1) is 0 Å². The van der Waals surface area contributed by atoms with Crippen molar-refractivity contribution in [3.8, 4) is 11.5 Å². The fourth-order valence-corrected chi connectivity index (χ4v) is 2.59. The molecule has 0 spiro atoms. The third-order valence-corrected chi connectivity index (χ3v) is 3.46. The molecule has 0 bridgehead atoms. The molecule has 2 aliphatic heterocycles. The molecule has 1 saturated heterocycles. The maximum Gasteiger partial charge on any atom is 0.231 e. The average Bonchev–Trinajstić information content (AvgIpc) is 2.84. The van der Waals surface area contributed by atoms with Crippen molar-refractivity contribution < 1.29 is 13.9 Å². The normalized spacial score (nSPS) is 22.8. The number of ether oxygens (including phenoxy) is 2. The van der Waals surface area contributed by atoms with Crippen LogP contribution in [0.4, 0.5) is 4.39 Å². The van der Waals surface area contributed by atoms with E-state index in [1.807, 2.05) is 6.07 Å². The highest BCUT2D eigenvalue weighted by molar-refractivity contribution is 5.49. The molecule has 4 heteroatoms. The van der Waals surface area contributed by atoms with Crippen molar-refractivity contribution in [3.63, 3.8) is 0 Å². The highest BCUT2D eigenvalue weighted by Gasteiger charge is 2.24. The molecule has 2 aliphatic rings. The summed E-state index contributed by atoms with van der Waals surface area (Å²) in [5.74, 6) is 1.17. The number of hydrogen-bond donors (Lipinski definition) is 1. The predicted molar refractivity (Wildman–Crippen MR) is 61.8 cm³/mol. The van der Waals surface area contributed by atoms with Gasteiger partial charge in [0.25, 0.3) is 0 Å². The van der Waals surface area contributed by atoms with Crippen LogP contribution >= 0.6 is 0 Å². The first-order valence-corrected chi connectivity index (χ1v) is 6.12. The third-order valence-electron chi connectivity index (χ3n) is 3.46. The number of fused-ring (bicyclic) bond motifs is 1. The second-order valence-corrected chi connectivity index (χ2v) is 4.69. The summed E-state index contributed by atoms with van der Waals surface area (Å²) in [6.45, 7) is 2.27. The van der Waals surface area contributed by atoms with Gasteiger partial charge in [-0.2, -0.15) is 0 Å². The molecule has 3 nitrogen and oxygen atoms in total. The van der Waals surface area contributed by atoms with Gasteiger partial charge >= 0.3 is 0 Å². The van der Waals surface area contributed by atoms with Crippen molar-refractivity contribution >= 4 is 0 Å². The molecule has 0 aliphatic carbocycles. The monoisotopic (exact) mass is 237 g/mol. The van der Waals surface area contributed by atoms with E-state index in [0.717, 1.165) is 25.1 Å². The average molecular weight is 237 g/mol. The van der Waals surface area contributed by atoms with Crippen molar-refractivity contribution in [2.45, 2.75) is 19.3 Å². The summed E-state index contributed by atoms with van der Waals surface area (Å²) < 4.78 is 23.9. The molecule has 1 atom stereocenters. The molecule has 0 radical (unpaired) electrons. The van der Waals surface area contributed by atoms with E-state index in [1.54, 1.807) is 0 Å². The zero-order valence-electron chi connectivity index (χ0n) is 9.67. The maximum atomic E-state index is 13.4. The molecule has 2 heterocycles. The number of piperidine rings is 1. The molecule has 1 unspecified atom stereocenters. The number of halogens is 1. The summed E-state index contributed by atoms with van der Waals surface area (Å²) in [4.78, 5) is 0. The van der Waals surface area contributed by atoms with Crippen LogP contribution in [0.1, 0.15) is 18.4 Å². The molecular formula is C13H16FNO2. The third kappa shape index (κ3) is 2.09. The summed E-state index contributed by atoms with van der Waals surface area (Å²) in [5, 5.41) is 3.39. The van der Waals surface area contributed by atoms with E-state index in [1.165, 1.54) is 18.9 Å². The van der Waals surface area contributed by atoms with Gasteiger partial charge in [-0.1, -0.05) is 6.07 Å². The van der Waals surface area contributed by atoms with E-state index in [-0.39, 0.29) is 18.4 Å². The van der Waals surface area contributed by atoms with Gasteiger partial charge in [0.1, 0.15) is 0 Å². The van der Waals surface area contributed by atoms with Crippen molar-refractivity contribution in [2.24, 2.45) is 5.92 Å². The van der Waals surface area contributed by atoms with Gasteiger partial charge in [-0.3, -0.25) is 0 Å². The van der Waals surface area contributed by atoms with Crippen LogP contribution in [0.5, 0.6) is 11.5 Å². The van der Waals surface area contributed by atoms with Gasteiger partial charge in [0.2, 0.25) is 12.5 Å². The minimum absolute atomic E-state index is 0.131.